The summed E-state index contributed by atoms with van der Waals surface area (Å²) < 4.78 is 0. The summed E-state index contributed by atoms with van der Waals surface area (Å²) in [6.45, 7) is 6.16. The van der Waals surface area contributed by atoms with E-state index in [1.54, 1.807) is 6.92 Å². The summed E-state index contributed by atoms with van der Waals surface area (Å²) >= 11 is 0. The van der Waals surface area contributed by atoms with Crippen LogP contribution in [0.15, 0.2) is 0 Å². The second kappa shape index (κ2) is 4.28. The van der Waals surface area contributed by atoms with E-state index in [4.69, 9.17) is 0 Å². The van der Waals surface area contributed by atoms with E-state index < -0.39 is 0 Å². The topological polar surface area (TPSA) is 44.4 Å². The first kappa shape index (κ1) is 9.93. The van der Waals surface area contributed by atoms with Crippen LogP contribution in [0.3, 0.4) is 0 Å². The third-order valence-electron chi connectivity index (χ3n) is 3.21. The molecule has 0 aromatic rings. The zero-order valence-electron chi connectivity index (χ0n) is 8.75. The Labute approximate surface area is 85.0 Å². The minimum absolute atomic E-state index is 0.105. The normalized spacial score (nSPS) is 25.8. The van der Waals surface area contributed by atoms with Crippen molar-refractivity contribution in [3.05, 3.63) is 0 Å². The molecule has 0 aromatic carbocycles. The molecule has 0 atom stereocenters. The van der Waals surface area contributed by atoms with Crippen LogP contribution in [0, 0.1) is 0 Å². The van der Waals surface area contributed by atoms with Crippen LogP contribution in [-0.2, 0) is 4.79 Å². The smallest absolute Gasteiger partial charge is 0.217 e. The third kappa shape index (κ3) is 2.25. The molecule has 2 fully saturated rings. The summed E-state index contributed by atoms with van der Waals surface area (Å²) in [7, 11) is 0. The standard InChI is InChI=1S/C10H19N3O/c1-8(14)12-9-2-4-13(5-3-9)10-6-11-7-10/h9-11H,2-7H2,1H3,(H,12,14). The van der Waals surface area contributed by atoms with Crippen molar-refractivity contribution in [2.24, 2.45) is 0 Å². The van der Waals surface area contributed by atoms with E-state index in [0.717, 1.165) is 45.1 Å². The second-order valence-electron chi connectivity index (χ2n) is 4.32. The fourth-order valence-electron chi connectivity index (χ4n) is 2.23. The number of carbonyl (C=O) groups excluding carboxylic acids is 1. The van der Waals surface area contributed by atoms with Crippen molar-refractivity contribution in [3.63, 3.8) is 0 Å². The highest BCUT2D eigenvalue weighted by Gasteiger charge is 2.28. The van der Waals surface area contributed by atoms with Crippen molar-refractivity contribution in [3.8, 4) is 0 Å². The lowest BCUT2D eigenvalue weighted by molar-refractivity contribution is -0.120. The van der Waals surface area contributed by atoms with Crippen molar-refractivity contribution in [1.82, 2.24) is 15.5 Å². The van der Waals surface area contributed by atoms with E-state index in [0.29, 0.717) is 6.04 Å². The Hall–Kier alpha value is -0.610. The maximum absolute atomic E-state index is 10.9. The van der Waals surface area contributed by atoms with E-state index in [2.05, 4.69) is 15.5 Å². The van der Waals surface area contributed by atoms with E-state index in [1.165, 1.54) is 0 Å². The van der Waals surface area contributed by atoms with Gasteiger partial charge in [0.05, 0.1) is 0 Å². The van der Waals surface area contributed by atoms with Gasteiger partial charge in [0.15, 0.2) is 0 Å². The highest BCUT2D eigenvalue weighted by atomic mass is 16.1. The van der Waals surface area contributed by atoms with Crippen LogP contribution in [0.5, 0.6) is 0 Å². The van der Waals surface area contributed by atoms with Gasteiger partial charge in [-0.3, -0.25) is 9.69 Å². The molecule has 14 heavy (non-hydrogen) atoms. The van der Waals surface area contributed by atoms with Crippen LogP contribution in [0.2, 0.25) is 0 Å². The minimum atomic E-state index is 0.105. The van der Waals surface area contributed by atoms with Gasteiger partial charge in [0.2, 0.25) is 5.91 Å². The summed E-state index contributed by atoms with van der Waals surface area (Å²) in [5.74, 6) is 0.105. The number of nitrogens with zero attached hydrogens (tertiary/aromatic N) is 1. The number of nitrogens with one attached hydrogen (secondary N) is 2. The molecule has 2 saturated heterocycles. The van der Waals surface area contributed by atoms with E-state index >= 15 is 0 Å². The zero-order chi connectivity index (χ0) is 9.97. The average molecular weight is 197 g/mol. The lowest BCUT2D eigenvalue weighted by atomic mass is 10.0. The Morgan fingerprint density at radius 1 is 1.36 bits per heavy atom. The summed E-state index contributed by atoms with van der Waals surface area (Å²) in [5.41, 5.74) is 0. The Morgan fingerprint density at radius 3 is 2.43 bits per heavy atom. The van der Waals surface area contributed by atoms with E-state index in [1.807, 2.05) is 0 Å². The van der Waals surface area contributed by atoms with Crippen LogP contribution < -0.4 is 10.6 Å². The predicted octanol–water partition coefficient (Wildman–Crippen LogP) is -0.441. The quantitative estimate of drug-likeness (QED) is 0.631. The molecule has 1 amide bonds. The van der Waals surface area contributed by atoms with Gasteiger partial charge in [0.1, 0.15) is 0 Å². The molecule has 2 aliphatic heterocycles. The summed E-state index contributed by atoms with van der Waals surface area (Å²) in [6, 6.07) is 1.17. The maximum Gasteiger partial charge on any atom is 0.217 e. The predicted molar refractivity (Wildman–Crippen MR) is 55.1 cm³/mol. The molecule has 2 N–H and O–H groups in total. The highest BCUT2D eigenvalue weighted by Crippen LogP contribution is 2.15. The first-order valence-corrected chi connectivity index (χ1v) is 5.47. The Morgan fingerprint density at radius 2 is 2.00 bits per heavy atom. The summed E-state index contributed by atoms with van der Waals surface area (Å²) in [4.78, 5) is 13.4. The molecule has 2 rings (SSSR count). The number of piperidine rings is 1. The summed E-state index contributed by atoms with van der Waals surface area (Å²) in [6.07, 6.45) is 2.21. The Kier molecular flexibility index (Phi) is 3.03. The van der Waals surface area contributed by atoms with E-state index in [-0.39, 0.29) is 5.91 Å². The van der Waals surface area contributed by atoms with Crippen molar-refractivity contribution in [1.29, 1.82) is 0 Å². The molecule has 80 valence electrons. The molecule has 4 heteroatoms. The molecular weight excluding hydrogens is 178 g/mol. The van der Waals surface area contributed by atoms with Crippen LogP contribution in [0.1, 0.15) is 19.8 Å². The SMILES string of the molecule is CC(=O)NC1CCN(C2CNC2)CC1. The number of hydrogen-bond donors (Lipinski definition) is 2. The molecule has 2 aliphatic rings. The maximum atomic E-state index is 10.9. The van der Waals surface area contributed by atoms with Gasteiger partial charge in [-0.25, -0.2) is 0 Å². The van der Waals surface area contributed by atoms with Crippen LogP contribution in [0.25, 0.3) is 0 Å². The number of carbonyl (C=O) groups is 1. The van der Waals surface area contributed by atoms with Crippen molar-refractivity contribution in [2.75, 3.05) is 26.2 Å². The fourth-order valence-corrected chi connectivity index (χ4v) is 2.23. The van der Waals surface area contributed by atoms with Gasteiger partial charge in [0.25, 0.3) is 0 Å². The van der Waals surface area contributed by atoms with Gasteiger partial charge in [-0.05, 0) is 12.8 Å². The lowest BCUT2D eigenvalue weighted by Crippen LogP contribution is -2.59. The number of hydrogen-bond acceptors (Lipinski definition) is 3. The van der Waals surface area contributed by atoms with Crippen LogP contribution >= 0.6 is 0 Å². The molecule has 0 spiro atoms. The third-order valence-corrected chi connectivity index (χ3v) is 3.21. The van der Waals surface area contributed by atoms with Crippen molar-refractivity contribution in [2.45, 2.75) is 31.8 Å². The van der Waals surface area contributed by atoms with Gasteiger partial charge in [-0.1, -0.05) is 0 Å². The molecule has 0 saturated carbocycles. The lowest BCUT2D eigenvalue weighted by Gasteiger charge is -2.42. The van der Waals surface area contributed by atoms with Crippen molar-refractivity contribution < 1.29 is 4.79 Å². The van der Waals surface area contributed by atoms with Gasteiger partial charge in [-0.2, -0.15) is 0 Å². The van der Waals surface area contributed by atoms with Gasteiger partial charge in [-0.15, -0.1) is 0 Å². The van der Waals surface area contributed by atoms with Gasteiger partial charge >= 0.3 is 0 Å². The number of amides is 1. The average Bonchev–Trinajstić information content (AvgIpc) is 2.04. The number of rotatable bonds is 2. The monoisotopic (exact) mass is 197 g/mol. The fraction of sp³-hybridized carbons (Fsp3) is 0.900. The summed E-state index contributed by atoms with van der Waals surface area (Å²) in [5, 5.41) is 6.29. The molecule has 0 radical (unpaired) electrons. The number of likely N-dealkylation sites (tertiary alicyclic amines) is 1. The molecule has 0 aromatic heterocycles. The molecule has 0 aliphatic carbocycles. The Balaban J connectivity index is 1.71. The zero-order valence-corrected chi connectivity index (χ0v) is 8.75. The second-order valence-corrected chi connectivity index (χ2v) is 4.32. The first-order chi connectivity index (χ1) is 6.75. The molecular formula is C10H19N3O. The van der Waals surface area contributed by atoms with Crippen LogP contribution in [-0.4, -0.2) is 49.1 Å². The van der Waals surface area contributed by atoms with Crippen LogP contribution in [0.4, 0.5) is 0 Å². The molecule has 0 unspecified atom stereocenters. The molecule has 0 bridgehead atoms. The van der Waals surface area contributed by atoms with Gasteiger partial charge < -0.3 is 10.6 Å². The van der Waals surface area contributed by atoms with Gasteiger partial charge in [0, 0.05) is 45.2 Å². The van der Waals surface area contributed by atoms with E-state index in [9.17, 15) is 4.79 Å². The molecule has 2 heterocycles. The minimum Gasteiger partial charge on any atom is -0.354 e. The van der Waals surface area contributed by atoms with Crippen molar-refractivity contribution >= 4 is 5.91 Å². The first-order valence-electron chi connectivity index (χ1n) is 5.47. The Bertz CT molecular complexity index is 207. The largest absolute Gasteiger partial charge is 0.354 e. The highest BCUT2D eigenvalue weighted by molar-refractivity contribution is 5.73. The molecule has 4 nitrogen and oxygen atoms in total.